The molecule has 6 heteroatoms. The van der Waals surface area contributed by atoms with Gasteiger partial charge in [0.2, 0.25) is 0 Å². The Morgan fingerprint density at radius 2 is 1.89 bits per heavy atom. The fourth-order valence-corrected chi connectivity index (χ4v) is 3.04. The third-order valence-electron chi connectivity index (χ3n) is 3.66. The summed E-state index contributed by atoms with van der Waals surface area (Å²) in [4.78, 5) is 10.8. The van der Waals surface area contributed by atoms with Crippen LogP contribution in [0.5, 0.6) is 0 Å². The Labute approximate surface area is 109 Å². The van der Waals surface area contributed by atoms with E-state index < -0.39 is 15.8 Å². The monoisotopic (exact) mass is 277 g/mol. The van der Waals surface area contributed by atoms with E-state index in [1.807, 2.05) is 0 Å². The SMILES string of the molecule is CCS(=O)(=O)CCNCC1CCC(C(=O)O)CC1. The Kier molecular flexibility index (Phi) is 6.08. The van der Waals surface area contributed by atoms with Crippen LogP contribution in [0.2, 0.25) is 0 Å². The molecule has 0 heterocycles. The van der Waals surface area contributed by atoms with Gasteiger partial charge in [-0.1, -0.05) is 6.92 Å². The molecule has 18 heavy (non-hydrogen) atoms. The van der Waals surface area contributed by atoms with Gasteiger partial charge in [-0.3, -0.25) is 4.79 Å². The highest BCUT2D eigenvalue weighted by Crippen LogP contribution is 2.28. The summed E-state index contributed by atoms with van der Waals surface area (Å²) < 4.78 is 22.5. The number of carbonyl (C=O) groups is 1. The highest BCUT2D eigenvalue weighted by Gasteiger charge is 2.25. The number of nitrogens with one attached hydrogen (secondary N) is 1. The molecule has 0 spiro atoms. The van der Waals surface area contributed by atoms with Crippen molar-refractivity contribution in [3.63, 3.8) is 0 Å². The highest BCUT2D eigenvalue weighted by atomic mass is 32.2. The van der Waals surface area contributed by atoms with Gasteiger partial charge in [-0.2, -0.15) is 0 Å². The van der Waals surface area contributed by atoms with E-state index in [1.54, 1.807) is 6.92 Å². The molecule has 1 aliphatic rings. The average molecular weight is 277 g/mol. The number of carboxylic acid groups (broad SMARTS) is 1. The number of aliphatic carboxylic acids is 1. The summed E-state index contributed by atoms with van der Waals surface area (Å²) in [5.74, 6) is 0.00826. The number of carboxylic acids is 1. The Morgan fingerprint density at radius 3 is 2.39 bits per heavy atom. The number of rotatable bonds is 7. The summed E-state index contributed by atoms with van der Waals surface area (Å²) in [6.45, 7) is 2.95. The van der Waals surface area contributed by atoms with Crippen molar-refractivity contribution < 1.29 is 18.3 Å². The average Bonchev–Trinajstić information content (AvgIpc) is 2.35. The van der Waals surface area contributed by atoms with Crippen molar-refractivity contribution in [1.82, 2.24) is 5.32 Å². The lowest BCUT2D eigenvalue weighted by molar-refractivity contribution is -0.143. The quantitative estimate of drug-likeness (QED) is 0.676. The van der Waals surface area contributed by atoms with Crippen molar-refractivity contribution >= 4 is 15.8 Å². The summed E-state index contributed by atoms with van der Waals surface area (Å²) >= 11 is 0. The van der Waals surface area contributed by atoms with Crippen LogP contribution < -0.4 is 5.32 Å². The molecule has 0 aromatic carbocycles. The number of sulfone groups is 1. The van der Waals surface area contributed by atoms with Crippen molar-refractivity contribution in [1.29, 1.82) is 0 Å². The van der Waals surface area contributed by atoms with Gasteiger partial charge in [-0.15, -0.1) is 0 Å². The maximum Gasteiger partial charge on any atom is 0.306 e. The zero-order valence-corrected chi connectivity index (χ0v) is 11.7. The molecule has 0 atom stereocenters. The molecule has 0 amide bonds. The molecule has 0 aromatic heterocycles. The van der Waals surface area contributed by atoms with E-state index in [-0.39, 0.29) is 17.4 Å². The van der Waals surface area contributed by atoms with Crippen LogP contribution in [0.3, 0.4) is 0 Å². The molecule has 2 N–H and O–H groups in total. The molecule has 1 fully saturated rings. The van der Waals surface area contributed by atoms with Crippen LogP contribution in [0, 0.1) is 11.8 Å². The van der Waals surface area contributed by atoms with E-state index in [2.05, 4.69) is 5.32 Å². The first-order valence-corrected chi connectivity index (χ1v) is 8.40. The van der Waals surface area contributed by atoms with Crippen LogP contribution >= 0.6 is 0 Å². The second-order valence-electron chi connectivity index (χ2n) is 5.00. The van der Waals surface area contributed by atoms with Gasteiger partial charge in [0.05, 0.1) is 11.7 Å². The predicted molar refractivity (Wildman–Crippen MR) is 70.3 cm³/mol. The molecule has 0 bridgehead atoms. The van der Waals surface area contributed by atoms with E-state index in [0.717, 1.165) is 32.2 Å². The van der Waals surface area contributed by atoms with Crippen LogP contribution in [-0.2, 0) is 14.6 Å². The van der Waals surface area contributed by atoms with Gasteiger partial charge in [0.25, 0.3) is 0 Å². The normalized spacial score (nSPS) is 24.9. The third-order valence-corrected chi connectivity index (χ3v) is 5.36. The van der Waals surface area contributed by atoms with Crippen molar-refractivity contribution in [3.8, 4) is 0 Å². The van der Waals surface area contributed by atoms with Crippen LogP contribution in [-0.4, -0.2) is 44.1 Å². The van der Waals surface area contributed by atoms with E-state index >= 15 is 0 Å². The van der Waals surface area contributed by atoms with E-state index in [4.69, 9.17) is 5.11 Å². The molecule has 5 nitrogen and oxygen atoms in total. The van der Waals surface area contributed by atoms with Crippen molar-refractivity contribution in [3.05, 3.63) is 0 Å². The van der Waals surface area contributed by atoms with Gasteiger partial charge in [0.15, 0.2) is 9.84 Å². The first-order chi connectivity index (χ1) is 8.44. The van der Waals surface area contributed by atoms with E-state index in [0.29, 0.717) is 12.5 Å². The molecular weight excluding hydrogens is 254 g/mol. The smallest absolute Gasteiger partial charge is 0.306 e. The topological polar surface area (TPSA) is 83.5 Å². The lowest BCUT2D eigenvalue weighted by atomic mass is 9.82. The molecule has 1 aliphatic carbocycles. The Bertz CT molecular complexity index is 358. The third kappa shape index (κ3) is 5.35. The summed E-state index contributed by atoms with van der Waals surface area (Å²) in [7, 11) is -2.88. The zero-order valence-electron chi connectivity index (χ0n) is 10.9. The van der Waals surface area contributed by atoms with Crippen LogP contribution in [0.25, 0.3) is 0 Å². The highest BCUT2D eigenvalue weighted by molar-refractivity contribution is 7.91. The minimum Gasteiger partial charge on any atom is -0.481 e. The first-order valence-electron chi connectivity index (χ1n) is 6.58. The van der Waals surface area contributed by atoms with Gasteiger partial charge < -0.3 is 10.4 Å². The molecular formula is C12H23NO4S. The molecule has 1 rings (SSSR count). The van der Waals surface area contributed by atoms with Crippen LogP contribution in [0.1, 0.15) is 32.6 Å². The van der Waals surface area contributed by atoms with Crippen LogP contribution in [0.15, 0.2) is 0 Å². The molecule has 106 valence electrons. The maximum absolute atomic E-state index is 11.3. The van der Waals surface area contributed by atoms with Gasteiger partial charge in [-0.25, -0.2) is 8.42 Å². The van der Waals surface area contributed by atoms with Crippen molar-refractivity contribution in [2.45, 2.75) is 32.6 Å². The number of hydrogen-bond donors (Lipinski definition) is 2. The van der Waals surface area contributed by atoms with E-state index in [1.165, 1.54) is 0 Å². The van der Waals surface area contributed by atoms with Crippen molar-refractivity contribution in [2.75, 3.05) is 24.6 Å². The Morgan fingerprint density at radius 1 is 1.28 bits per heavy atom. The molecule has 1 saturated carbocycles. The van der Waals surface area contributed by atoms with Gasteiger partial charge in [0.1, 0.15) is 0 Å². The lowest BCUT2D eigenvalue weighted by Gasteiger charge is -2.26. The fraction of sp³-hybridized carbons (Fsp3) is 0.917. The summed E-state index contributed by atoms with van der Waals surface area (Å²) in [6.07, 6.45) is 3.33. The van der Waals surface area contributed by atoms with Gasteiger partial charge in [-0.05, 0) is 38.1 Å². The minimum absolute atomic E-state index is 0.179. The van der Waals surface area contributed by atoms with Gasteiger partial charge >= 0.3 is 5.97 Å². The second-order valence-corrected chi connectivity index (χ2v) is 7.47. The molecule has 0 saturated heterocycles. The molecule has 0 radical (unpaired) electrons. The molecule has 0 unspecified atom stereocenters. The first kappa shape index (κ1) is 15.4. The molecule has 0 aliphatic heterocycles. The zero-order chi connectivity index (χ0) is 13.6. The predicted octanol–water partition coefficient (Wildman–Crippen LogP) is 0.902. The van der Waals surface area contributed by atoms with E-state index in [9.17, 15) is 13.2 Å². The maximum atomic E-state index is 11.3. The van der Waals surface area contributed by atoms with Crippen LogP contribution in [0.4, 0.5) is 0 Å². The number of hydrogen-bond acceptors (Lipinski definition) is 4. The summed E-state index contributed by atoms with van der Waals surface area (Å²) in [6, 6.07) is 0. The largest absolute Gasteiger partial charge is 0.481 e. The second kappa shape index (κ2) is 7.09. The molecule has 0 aromatic rings. The van der Waals surface area contributed by atoms with Gasteiger partial charge in [0, 0.05) is 12.3 Å². The Balaban J connectivity index is 2.13. The Hall–Kier alpha value is -0.620. The summed E-state index contributed by atoms with van der Waals surface area (Å²) in [5, 5.41) is 12.0. The minimum atomic E-state index is -2.88. The summed E-state index contributed by atoms with van der Waals surface area (Å²) in [5.41, 5.74) is 0. The van der Waals surface area contributed by atoms with Crippen molar-refractivity contribution in [2.24, 2.45) is 11.8 Å². The lowest BCUT2D eigenvalue weighted by Crippen LogP contribution is -2.31. The standard InChI is InChI=1S/C12H23NO4S/c1-2-18(16,17)8-7-13-9-10-3-5-11(6-4-10)12(14)15/h10-11,13H,2-9H2,1H3,(H,14,15). The fourth-order valence-electron chi connectivity index (χ4n) is 2.29.